The van der Waals surface area contributed by atoms with E-state index in [1.165, 1.54) is 17.4 Å². The van der Waals surface area contributed by atoms with Crippen molar-refractivity contribution in [2.45, 2.75) is 32.0 Å². The van der Waals surface area contributed by atoms with Crippen LogP contribution in [0.15, 0.2) is 48.8 Å². The molecule has 1 fully saturated rings. The van der Waals surface area contributed by atoms with E-state index in [1.807, 2.05) is 6.07 Å². The largest absolute Gasteiger partial charge is 0.350 e. The molecule has 1 aromatic carbocycles. The highest BCUT2D eigenvalue weighted by Crippen LogP contribution is 2.14. The molecule has 0 saturated carbocycles. The maximum absolute atomic E-state index is 11.7. The topological polar surface area (TPSA) is 54.3 Å². The smallest absolute Gasteiger partial charge is 0.211 e. The lowest BCUT2D eigenvalue weighted by Crippen LogP contribution is -2.47. The molecule has 1 atom stereocenters. The summed E-state index contributed by atoms with van der Waals surface area (Å²) in [6, 6.07) is 12.7. The van der Waals surface area contributed by atoms with Crippen LogP contribution >= 0.6 is 0 Å². The Morgan fingerprint density at radius 2 is 1.96 bits per heavy atom. The first-order chi connectivity index (χ1) is 11.5. The van der Waals surface area contributed by atoms with Gasteiger partial charge < -0.3 is 9.88 Å². The second-order valence-corrected chi connectivity index (χ2v) is 8.50. The highest BCUT2D eigenvalue weighted by molar-refractivity contribution is 7.88. The Balaban J connectivity index is 1.52. The molecule has 0 radical (unpaired) electrons. The van der Waals surface area contributed by atoms with Crippen molar-refractivity contribution in [3.63, 3.8) is 0 Å². The molecule has 24 heavy (non-hydrogen) atoms. The standard InChI is InChI=1S/C18H25N3O2S/c1-24(22,23)21-10-5-8-18(15-21)19-12-17-9-11-20(14-17)13-16-6-3-2-4-7-16/h2-4,6-7,9,11,14,18-19H,5,8,10,12-13,15H2,1H3/t18-/m0/s1. The van der Waals surface area contributed by atoms with Gasteiger partial charge in [-0.25, -0.2) is 12.7 Å². The summed E-state index contributed by atoms with van der Waals surface area (Å²) in [6.07, 6.45) is 7.47. The molecule has 0 unspecified atom stereocenters. The van der Waals surface area contributed by atoms with E-state index in [-0.39, 0.29) is 6.04 Å². The van der Waals surface area contributed by atoms with Gasteiger partial charge in [-0.15, -0.1) is 0 Å². The molecule has 0 bridgehead atoms. The van der Waals surface area contributed by atoms with Crippen LogP contribution in [0, 0.1) is 0 Å². The van der Waals surface area contributed by atoms with Crippen LogP contribution in [-0.2, 0) is 23.1 Å². The summed E-state index contributed by atoms with van der Waals surface area (Å²) in [7, 11) is -3.08. The Bertz CT molecular complexity index is 756. The van der Waals surface area contributed by atoms with E-state index in [0.717, 1.165) is 25.9 Å². The third-order valence-electron chi connectivity index (χ3n) is 4.47. The zero-order valence-corrected chi connectivity index (χ0v) is 14.9. The van der Waals surface area contributed by atoms with Crippen molar-refractivity contribution in [2.75, 3.05) is 19.3 Å². The van der Waals surface area contributed by atoms with Gasteiger partial charge in [0.25, 0.3) is 0 Å². The first-order valence-corrected chi connectivity index (χ1v) is 10.2. The SMILES string of the molecule is CS(=O)(=O)N1CCC[C@H](NCc2ccn(Cc3ccccc3)c2)C1. The molecule has 1 aromatic heterocycles. The molecule has 0 aliphatic carbocycles. The van der Waals surface area contributed by atoms with E-state index in [4.69, 9.17) is 0 Å². The van der Waals surface area contributed by atoms with Gasteiger partial charge in [-0.05, 0) is 30.0 Å². The van der Waals surface area contributed by atoms with Gasteiger partial charge in [0.15, 0.2) is 0 Å². The van der Waals surface area contributed by atoms with Crippen LogP contribution in [0.5, 0.6) is 0 Å². The number of benzene rings is 1. The number of nitrogens with one attached hydrogen (secondary N) is 1. The van der Waals surface area contributed by atoms with E-state index in [9.17, 15) is 8.42 Å². The molecule has 1 aliphatic rings. The summed E-state index contributed by atoms with van der Waals surface area (Å²) >= 11 is 0. The van der Waals surface area contributed by atoms with Crippen LogP contribution in [-0.4, -0.2) is 42.7 Å². The fourth-order valence-corrected chi connectivity index (χ4v) is 4.07. The fourth-order valence-electron chi connectivity index (χ4n) is 3.16. The fraction of sp³-hybridized carbons (Fsp3) is 0.444. The minimum absolute atomic E-state index is 0.228. The van der Waals surface area contributed by atoms with Gasteiger partial charge in [0, 0.05) is 44.6 Å². The van der Waals surface area contributed by atoms with E-state index < -0.39 is 10.0 Å². The van der Waals surface area contributed by atoms with Gasteiger partial charge in [-0.2, -0.15) is 0 Å². The average molecular weight is 347 g/mol. The Morgan fingerprint density at radius 3 is 2.71 bits per heavy atom. The van der Waals surface area contributed by atoms with Gasteiger partial charge in [0.1, 0.15) is 0 Å². The molecule has 2 aromatic rings. The van der Waals surface area contributed by atoms with Crippen molar-refractivity contribution in [1.82, 2.24) is 14.2 Å². The number of hydrogen-bond donors (Lipinski definition) is 1. The lowest BCUT2D eigenvalue weighted by atomic mass is 10.1. The second-order valence-electron chi connectivity index (χ2n) is 6.52. The average Bonchev–Trinajstić information content (AvgIpc) is 3.01. The predicted octanol–water partition coefficient (Wildman–Crippen LogP) is 2.05. The van der Waals surface area contributed by atoms with Gasteiger partial charge in [0.05, 0.1) is 6.26 Å². The van der Waals surface area contributed by atoms with E-state index in [2.05, 4.69) is 52.6 Å². The summed E-state index contributed by atoms with van der Waals surface area (Å²) in [5.41, 5.74) is 2.51. The highest BCUT2D eigenvalue weighted by Gasteiger charge is 2.25. The van der Waals surface area contributed by atoms with E-state index >= 15 is 0 Å². The van der Waals surface area contributed by atoms with Gasteiger partial charge in [-0.3, -0.25) is 0 Å². The minimum atomic E-state index is -3.08. The van der Waals surface area contributed by atoms with Crippen molar-refractivity contribution in [1.29, 1.82) is 0 Å². The molecule has 130 valence electrons. The van der Waals surface area contributed by atoms with Crippen molar-refractivity contribution in [3.8, 4) is 0 Å². The Hall–Kier alpha value is -1.63. The summed E-state index contributed by atoms with van der Waals surface area (Å²) in [5.74, 6) is 0. The number of rotatable bonds is 6. The van der Waals surface area contributed by atoms with Crippen LogP contribution < -0.4 is 5.32 Å². The Labute approximate surface area is 144 Å². The molecule has 0 spiro atoms. The molecule has 5 nitrogen and oxygen atoms in total. The first-order valence-electron chi connectivity index (χ1n) is 8.38. The number of sulfonamides is 1. The van der Waals surface area contributed by atoms with Crippen LogP contribution in [0.25, 0.3) is 0 Å². The number of hydrogen-bond acceptors (Lipinski definition) is 3. The van der Waals surface area contributed by atoms with Crippen LogP contribution in [0.2, 0.25) is 0 Å². The summed E-state index contributed by atoms with van der Waals surface area (Å²) < 4.78 is 27.1. The molecule has 1 saturated heterocycles. The predicted molar refractivity (Wildman–Crippen MR) is 96.3 cm³/mol. The first kappa shape index (κ1) is 17.2. The van der Waals surface area contributed by atoms with Crippen LogP contribution in [0.3, 0.4) is 0 Å². The maximum Gasteiger partial charge on any atom is 0.211 e. The third-order valence-corrected chi connectivity index (χ3v) is 5.74. The zero-order chi connectivity index (χ0) is 17.0. The molecule has 2 heterocycles. The Kier molecular flexibility index (Phi) is 5.38. The van der Waals surface area contributed by atoms with Gasteiger partial charge in [-0.1, -0.05) is 30.3 Å². The number of piperidine rings is 1. The van der Waals surface area contributed by atoms with Crippen LogP contribution in [0.4, 0.5) is 0 Å². The molecule has 3 rings (SSSR count). The van der Waals surface area contributed by atoms with E-state index in [0.29, 0.717) is 13.1 Å². The van der Waals surface area contributed by atoms with Gasteiger partial charge >= 0.3 is 0 Å². The van der Waals surface area contributed by atoms with E-state index in [1.54, 1.807) is 4.31 Å². The molecule has 1 N–H and O–H groups in total. The lowest BCUT2D eigenvalue weighted by molar-refractivity contribution is 0.284. The van der Waals surface area contributed by atoms with Crippen molar-refractivity contribution in [2.24, 2.45) is 0 Å². The summed E-state index contributed by atoms with van der Waals surface area (Å²) in [4.78, 5) is 0. The normalized spacial score (nSPS) is 19.5. The molecule has 6 heteroatoms. The highest BCUT2D eigenvalue weighted by atomic mass is 32.2. The molecular formula is C18H25N3O2S. The van der Waals surface area contributed by atoms with Crippen LogP contribution in [0.1, 0.15) is 24.0 Å². The molecule has 1 aliphatic heterocycles. The molecule has 0 amide bonds. The van der Waals surface area contributed by atoms with Crippen molar-refractivity contribution >= 4 is 10.0 Å². The third kappa shape index (κ3) is 4.69. The quantitative estimate of drug-likeness (QED) is 0.870. The van der Waals surface area contributed by atoms with Crippen molar-refractivity contribution in [3.05, 3.63) is 59.9 Å². The van der Waals surface area contributed by atoms with Gasteiger partial charge in [0.2, 0.25) is 10.0 Å². The van der Waals surface area contributed by atoms with Crippen molar-refractivity contribution < 1.29 is 8.42 Å². The second kappa shape index (κ2) is 7.51. The number of aromatic nitrogens is 1. The monoisotopic (exact) mass is 347 g/mol. The number of nitrogens with zero attached hydrogens (tertiary/aromatic N) is 2. The Morgan fingerprint density at radius 1 is 1.17 bits per heavy atom. The lowest BCUT2D eigenvalue weighted by Gasteiger charge is -2.31. The maximum atomic E-state index is 11.7. The minimum Gasteiger partial charge on any atom is -0.350 e. The summed E-state index contributed by atoms with van der Waals surface area (Å²) in [5, 5.41) is 3.50. The summed E-state index contributed by atoms with van der Waals surface area (Å²) in [6.45, 7) is 2.85. The molecular weight excluding hydrogens is 322 g/mol. The zero-order valence-electron chi connectivity index (χ0n) is 14.1.